The van der Waals surface area contributed by atoms with Crippen LogP contribution in [0, 0.1) is 0 Å². The summed E-state index contributed by atoms with van der Waals surface area (Å²) in [6.07, 6.45) is 3.00. The summed E-state index contributed by atoms with van der Waals surface area (Å²) in [5.74, 6) is -0.279. The Morgan fingerprint density at radius 2 is 1.64 bits per heavy atom. The van der Waals surface area contributed by atoms with Gasteiger partial charge in [0.25, 0.3) is 5.91 Å². The highest BCUT2D eigenvalue weighted by Gasteiger charge is 2.28. The lowest BCUT2D eigenvalue weighted by Crippen LogP contribution is -2.40. The number of carbonyl (C=O) groups excluding carboxylic acids is 2. The molecule has 234 valence electrons. The van der Waals surface area contributed by atoms with Gasteiger partial charge in [0.05, 0.1) is 43.8 Å². The van der Waals surface area contributed by atoms with Gasteiger partial charge < -0.3 is 25.3 Å². The van der Waals surface area contributed by atoms with Gasteiger partial charge in [-0.2, -0.15) is 0 Å². The Labute approximate surface area is 263 Å². The molecule has 1 atom stereocenters. The summed E-state index contributed by atoms with van der Waals surface area (Å²) >= 11 is 0. The Balaban J connectivity index is 1.25. The van der Waals surface area contributed by atoms with E-state index in [1.807, 2.05) is 42.5 Å². The van der Waals surface area contributed by atoms with Gasteiger partial charge in [0.2, 0.25) is 0 Å². The van der Waals surface area contributed by atoms with E-state index in [1.165, 1.54) is 0 Å². The number of carbonyl (C=O) groups is 2. The Morgan fingerprint density at radius 1 is 0.911 bits per heavy atom. The van der Waals surface area contributed by atoms with Crippen LogP contribution in [0.2, 0.25) is 0 Å². The van der Waals surface area contributed by atoms with Crippen molar-refractivity contribution in [2.75, 3.05) is 63.7 Å². The summed E-state index contributed by atoms with van der Waals surface area (Å²) in [6, 6.07) is 27.2. The van der Waals surface area contributed by atoms with Crippen LogP contribution < -0.4 is 11.1 Å². The first-order valence-corrected chi connectivity index (χ1v) is 15.1. The number of anilines is 2. The van der Waals surface area contributed by atoms with Crippen molar-refractivity contribution in [1.82, 2.24) is 14.8 Å². The molecule has 0 bridgehead atoms. The number of ether oxygens (including phenoxy) is 3. The fraction of sp³-hybridized carbons (Fsp3) is 0.286. The number of nitrogen functional groups attached to an aromatic ring is 1. The molecule has 3 N–H and O–H groups in total. The van der Waals surface area contributed by atoms with Crippen LogP contribution in [0.4, 0.5) is 16.2 Å². The second-order valence-corrected chi connectivity index (χ2v) is 10.7. The van der Waals surface area contributed by atoms with Gasteiger partial charge in [-0.25, -0.2) is 4.79 Å². The van der Waals surface area contributed by atoms with Crippen molar-refractivity contribution in [2.45, 2.75) is 12.6 Å². The summed E-state index contributed by atoms with van der Waals surface area (Å²) in [5, 5.41) is 2.82. The molecule has 10 heteroatoms. The normalized spacial score (nSPS) is 14.0. The van der Waals surface area contributed by atoms with E-state index >= 15 is 0 Å². The Morgan fingerprint density at radius 3 is 2.38 bits per heavy atom. The van der Waals surface area contributed by atoms with Crippen LogP contribution in [0.3, 0.4) is 0 Å². The average molecular weight is 610 g/mol. The first-order valence-electron chi connectivity index (χ1n) is 15.1. The van der Waals surface area contributed by atoms with E-state index in [2.05, 4.69) is 15.2 Å². The molecule has 1 aromatic heterocycles. The smallest absolute Gasteiger partial charge is 0.410 e. The molecule has 2 amide bonds. The van der Waals surface area contributed by atoms with Gasteiger partial charge in [0, 0.05) is 44.1 Å². The van der Waals surface area contributed by atoms with Gasteiger partial charge in [-0.3, -0.25) is 19.6 Å². The highest BCUT2D eigenvalue weighted by atomic mass is 16.6. The van der Waals surface area contributed by atoms with E-state index in [9.17, 15) is 9.59 Å². The molecule has 0 radical (unpaired) electrons. The number of pyridine rings is 1. The molecule has 2 heterocycles. The molecule has 3 aromatic carbocycles. The van der Waals surface area contributed by atoms with Crippen LogP contribution in [0.15, 0.2) is 103 Å². The Hall–Kier alpha value is -4.77. The maximum Gasteiger partial charge on any atom is 0.410 e. The van der Waals surface area contributed by atoms with Crippen LogP contribution in [0.5, 0.6) is 0 Å². The lowest BCUT2D eigenvalue weighted by Gasteiger charge is -2.32. The number of nitrogens with one attached hydrogen (secondary N) is 1. The molecule has 4 aromatic rings. The average Bonchev–Trinajstić information content (AvgIpc) is 3.09. The van der Waals surface area contributed by atoms with Crippen LogP contribution in [-0.4, -0.2) is 79.4 Å². The zero-order valence-corrected chi connectivity index (χ0v) is 25.2. The molecular formula is C35H39N5O5. The van der Waals surface area contributed by atoms with E-state index in [0.717, 1.165) is 49.5 Å². The third kappa shape index (κ3) is 9.12. The van der Waals surface area contributed by atoms with Crippen molar-refractivity contribution in [3.8, 4) is 0 Å². The quantitative estimate of drug-likeness (QED) is 0.161. The minimum absolute atomic E-state index is 0.0370. The number of nitrogens with zero attached hydrogens (tertiary/aromatic N) is 3. The van der Waals surface area contributed by atoms with E-state index in [0.29, 0.717) is 36.7 Å². The Kier molecular flexibility index (Phi) is 11.5. The minimum Gasteiger partial charge on any atom is -0.445 e. The van der Waals surface area contributed by atoms with Gasteiger partial charge >= 0.3 is 6.09 Å². The van der Waals surface area contributed by atoms with Gasteiger partial charge in [0.15, 0.2) is 0 Å². The second-order valence-electron chi connectivity index (χ2n) is 10.7. The highest BCUT2D eigenvalue weighted by Crippen LogP contribution is 2.29. The van der Waals surface area contributed by atoms with Crippen molar-refractivity contribution < 1.29 is 23.8 Å². The molecule has 0 unspecified atom stereocenters. The topological polar surface area (TPSA) is 119 Å². The lowest BCUT2D eigenvalue weighted by atomic mass is 9.99. The minimum atomic E-state index is -0.481. The number of nitrogens with two attached hydrogens (primary N) is 1. The second kappa shape index (κ2) is 16.3. The fourth-order valence-corrected chi connectivity index (χ4v) is 5.12. The van der Waals surface area contributed by atoms with Crippen molar-refractivity contribution in [3.63, 3.8) is 0 Å². The predicted molar refractivity (Wildman–Crippen MR) is 173 cm³/mol. The van der Waals surface area contributed by atoms with Crippen LogP contribution in [0.25, 0.3) is 0 Å². The van der Waals surface area contributed by atoms with E-state index in [-0.39, 0.29) is 12.5 Å². The zero-order chi connectivity index (χ0) is 31.3. The molecule has 1 saturated heterocycles. The number of para-hydroxylation sites is 2. The summed E-state index contributed by atoms with van der Waals surface area (Å²) in [6.45, 7) is 5.34. The molecule has 1 aliphatic heterocycles. The van der Waals surface area contributed by atoms with Gasteiger partial charge in [0.1, 0.15) is 6.61 Å². The third-order valence-electron chi connectivity index (χ3n) is 7.58. The van der Waals surface area contributed by atoms with Crippen molar-refractivity contribution >= 4 is 23.4 Å². The zero-order valence-electron chi connectivity index (χ0n) is 25.2. The van der Waals surface area contributed by atoms with Crippen molar-refractivity contribution in [1.29, 1.82) is 0 Å². The fourth-order valence-electron chi connectivity index (χ4n) is 5.12. The van der Waals surface area contributed by atoms with E-state index in [1.54, 1.807) is 65.8 Å². The van der Waals surface area contributed by atoms with Crippen LogP contribution in [-0.2, 0) is 20.8 Å². The number of rotatable bonds is 13. The number of amides is 2. The molecular weight excluding hydrogens is 570 g/mol. The summed E-state index contributed by atoms with van der Waals surface area (Å²) in [7, 11) is 0. The molecule has 1 fully saturated rings. The van der Waals surface area contributed by atoms with Crippen molar-refractivity contribution in [2.24, 2.45) is 0 Å². The highest BCUT2D eigenvalue weighted by molar-refractivity contribution is 6.05. The van der Waals surface area contributed by atoms with Gasteiger partial charge in [-0.15, -0.1) is 0 Å². The number of hydrogen-bond donors (Lipinski definition) is 2. The molecule has 0 aliphatic carbocycles. The molecule has 10 nitrogen and oxygen atoms in total. The Bertz CT molecular complexity index is 1460. The molecule has 1 aliphatic rings. The number of hydrogen-bond acceptors (Lipinski definition) is 8. The molecule has 5 rings (SSSR count). The summed E-state index contributed by atoms with van der Waals surface area (Å²) < 4.78 is 17.3. The largest absolute Gasteiger partial charge is 0.445 e. The molecule has 45 heavy (non-hydrogen) atoms. The summed E-state index contributed by atoms with van der Waals surface area (Å²) in [4.78, 5) is 34.8. The van der Waals surface area contributed by atoms with Crippen molar-refractivity contribution in [3.05, 3.63) is 126 Å². The van der Waals surface area contributed by atoms with Gasteiger partial charge in [-0.1, -0.05) is 60.7 Å². The molecule has 0 spiro atoms. The molecule has 0 saturated carbocycles. The number of benzene rings is 3. The third-order valence-corrected chi connectivity index (χ3v) is 7.58. The van der Waals surface area contributed by atoms with E-state index in [4.69, 9.17) is 19.9 Å². The first-order chi connectivity index (χ1) is 22.1. The van der Waals surface area contributed by atoms with E-state index < -0.39 is 12.1 Å². The van der Waals surface area contributed by atoms with Crippen LogP contribution in [0.1, 0.15) is 33.1 Å². The van der Waals surface area contributed by atoms with Gasteiger partial charge in [-0.05, 0) is 47.0 Å². The standard InChI is InChI=1S/C35H39N5O5/c36-31-10-4-5-11-32(31)38-34(41)29-14-12-27(13-15-29)26-45-35(42)40(20-24-44-23-19-39-17-21-43-22-18-39)33(28-7-2-1-3-8-28)30-9-6-16-37-25-30/h1-16,25,33H,17-24,26,36H2,(H,38,41)/t33-/m0/s1. The SMILES string of the molecule is Nc1ccccc1NC(=O)c1ccc(COC(=O)N(CCOCCN2CCOCC2)[C@@H](c2ccccc2)c2cccnc2)cc1. The monoisotopic (exact) mass is 609 g/mol. The maximum absolute atomic E-state index is 13.8. The van der Waals surface area contributed by atoms with Crippen LogP contribution >= 0.6 is 0 Å². The first kappa shape index (κ1) is 31.6. The summed E-state index contributed by atoms with van der Waals surface area (Å²) in [5.41, 5.74) is 10.00. The lowest BCUT2D eigenvalue weighted by molar-refractivity contribution is 0.0157. The number of aromatic nitrogens is 1. The maximum atomic E-state index is 13.8. The number of morpholine rings is 1. The predicted octanol–water partition coefficient (Wildman–Crippen LogP) is 4.99.